The van der Waals surface area contributed by atoms with Crippen LogP contribution < -0.4 is 10.1 Å². The van der Waals surface area contributed by atoms with Gasteiger partial charge in [0.05, 0.1) is 23.9 Å². The Bertz CT molecular complexity index is 1030. The SMILES string of the molecule is COc1ccc(NC(=O)CCC2CCCN(Cc3ccc4nsnc4c3)C2)cc1Cl. The van der Waals surface area contributed by atoms with Gasteiger partial charge >= 0.3 is 0 Å². The van der Waals surface area contributed by atoms with Crippen LogP contribution in [-0.2, 0) is 11.3 Å². The highest BCUT2D eigenvalue weighted by Gasteiger charge is 2.21. The van der Waals surface area contributed by atoms with Gasteiger partial charge in [-0.3, -0.25) is 9.69 Å². The first kappa shape index (κ1) is 21.0. The predicted molar refractivity (Wildman–Crippen MR) is 121 cm³/mol. The lowest BCUT2D eigenvalue weighted by Gasteiger charge is -2.32. The first-order chi connectivity index (χ1) is 14.6. The number of rotatable bonds is 7. The number of hydrogen-bond donors (Lipinski definition) is 1. The van der Waals surface area contributed by atoms with Crippen molar-refractivity contribution in [2.45, 2.75) is 32.2 Å². The van der Waals surface area contributed by atoms with Gasteiger partial charge in [0.2, 0.25) is 5.91 Å². The normalized spacial score (nSPS) is 17.2. The molecule has 1 N–H and O–H groups in total. The second-order valence-electron chi connectivity index (χ2n) is 7.77. The Morgan fingerprint density at radius 2 is 2.13 bits per heavy atom. The van der Waals surface area contributed by atoms with Crippen LogP contribution in [0.5, 0.6) is 5.75 Å². The molecule has 0 bridgehead atoms. The lowest BCUT2D eigenvalue weighted by atomic mass is 9.93. The summed E-state index contributed by atoms with van der Waals surface area (Å²) >= 11 is 7.39. The number of ether oxygens (including phenoxy) is 1. The Hall–Kier alpha value is -2.22. The van der Waals surface area contributed by atoms with Crippen LogP contribution in [0.4, 0.5) is 5.69 Å². The van der Waals surface area contributed by atoms with Crippen molar-refractivity contribution in [1.82, 2.24) is 13.6 Å². The number of likely N-dealkylation sites (tertiary alicyclic amines) is 1. The van der Waals surface area contributed by atoms with Gasteiger partial charge < -0.3 is 10.1 Å². The Balaban J connectivity index is 1.26. The number of carbonyl (C=O) groups excluding carboxylic acids is 1. The van der Waals surface area contributed by atoms with Gasteiger partial charge in [-0.15, -0.1) is 0 Å². The number of piperidine rings is 1. The van der Waals surface area contributed by atoms with E-state index in [2.05, 4.69) is 31.1 Å². The molecular weight excluding hydrogens is 420 g/mol. The van der Waals surface area contributed by atoms with Crippen LogP contribution in [0, 0.1) is 5.92 Å². The average molecular weight is 445 g/mol. The zero-order valence-corrected chi connectivity index (χ0v) is 18.5. The zero-order chi connectivity index (χ0) is 20.9. The first-order valence-electron chi connectivity index (χ1n) is 10.2. The summed E-state index contributed by atoms with van der Waals surface area (Å²) < 4.78 is 13.8. The minimum atomic E-state index is 0.0230. The summed E-state index contributed by atoms with van der Waals surface area (Å²) in [6, 6.07) is 11.6. The van der Waals surface area contributed by atoms with Crippen LogP contribution in [0.25, 0.3) is 11.0 Å². The fourth-order valence-electron chi connectivity index (χ4n) is 4.02. The molecule has 1 fully saturated rings. The highest BCUT2D eigenvalue weighted by Crippen LogP contribution is 2.28. The van der Waals surface area contributed by atoms with Gasteiger partial charge in [0, 0.05) is 25.2 Å². The van der Waals surface area contributed by atoms with Crippen molar-refractivity contribution in [3.63, 3.8) is 0 Å². The van der Waals surface area contributed by atoms with Crippen LogP contribution >= 0.6 is 23.3 Å². The standard InChI is InChI=1S/C22H25ClN4O2S/c1-29-21-8-6-17(12-18(21)23)24-22(28)9-5-15-3-2-10-27(13-15)14-16-4-7-19-20(11-16)26-30-25-19/h4,6-8,11-12,15H,2-3,5,9-10,13-14H2,1H3,(H,24,28). The lowest BCUT2D eigenvalue weighted by molar-refractivity contribution is -0.116. The molecule has 0 aliphatic carbocycles. The Morgan fingerprint density at radius 3 is 2.97 bits per heavy atom. The third kappa shape index (κ3) is 5.28. The van der Waals surface area contributed by atoms with Crippen molar-refractivity contribution in [3.05, 3.63) is 47.0 Å². The van der Waals surface area contributed by atoms with E-state index in [-0.39, 0.29) is 5.91 Å². The van der Waals surface area contributed by atoms with E-state index in [1.54, 1.807) is 25.3 Å². The molecule has 0 spiro atoms. The molecule has 2 heterocycles. The quantitative estimate of drug-likeness (QED) is 0.556. The molecule has 1 atom stereocenters. The second-order valence-corrected chi connectivity index (χ2v) is 8.70. The molecule has 3 aromatic rings. The molecule has 4 rings (SSSR count). The smallest absolute Gasteiger partial charge is 0.224 e. The van der Waals surface area contributed by atoms with E-state index in [0.29, 0.717) is 28.8 Å². The molecule has 1 aliphatic heterocycles. The summed E-state index contributed by atoms with van der Waals surface area (Å²) in [4.78, 5) is 14.9. The van der Waals surface area contributed by atoms with Gasteiger partial charge in [-0.25, -0.2) is 0 Å². The van der Waals surface area contributed by atoms with Crippen molar-refractivity contribution in [3.8, 4) is 5.75 Å². The number of carbonyl (C=O) groups is 1. The fraction of sp³-hybridized carbons (Fsp3) is 0.409. The van der Waals surface area contributed by atoms with E-state index in [1.807, 2.05) is 6.07 Å². The van der Waals surface area contributed by atoms with E-state index < -0.39 is 0 Å². The summed E-state index contributed by atoms with van der Waals surface area (Å²) in [6.07, 6.45) is 3.74. The molecule has 2 aromatic carbocycles. The molecule has 8 heteroatoms. The van der Waals surface area contributed by atoms with E-state index in [1.165, 1.54) is 30.1 Å². The van der Waals surface area contributed by atoms with E-state index in [4.69, 9.17) is 16.3 Å². The summed E-state index contributed by atoms with van der Waals surface area (Å²) in [5.41, 5.74) is 3.90. The summed E-state index contributed by atoms with van der Waals surface area (Å²) in [5, 5.41) is 3.43. The molecule has 1 aliphatic rings. The third-order valence-electron chi connectivity index (χ3n) is 5.54. The molecule has 0 radical (unpaired) electrons. The maximum Gasteiger partial charge on any atom is 0.224 e. The minimum absolute atomic E-state index is 0.0230. The topological polar surface area (TPSA) is 67.3 Å². The number of aromatic nitrogens is 2. The van der Waals surface area contributed by atoms with Gasteiger partial charge in [-0.05, 0) is 67.6 Å². The van der Waals surface area contributed by atoms with Crippen LogP contribution in [0.15, 0.2) is 36.4 Å². The Morgan fingerprint density at radius 1 is 1.27 bits per heavy atom. The third-order valence-corrected chi connectivity index (χ3v) is 6.39. The van der Waals surface area contributed by atoms with Gasteiger partial charge in [0.1, 0.15) is 16.8 Å². The average Bonchev–Trinajstić information content (AvgIpc) is 3.21. The van der Waals surface area contributed by atoms with Crippen molar-refractivity contribution in [2.24, 2.45) is 5.92 Å². The summed E-state index contributed by atoms with van der Waals surface area (Å²) in [5.74, 6) is 1.16. The fourth-order valence-corrected chi connectivity index (χ4v) is 4.79. The Labute approximate surface area is 185 Å². The van der Waals surface area contributed by atoms with E-state index >= 15 is 0 Å². The van der Waals surface area contributed by atoms with Crippen molar-refractivity contribution < 1.29 is 9.53 Å². The maximum atomic E-state index is 12.4. The molecule has 158 valence electrons. The number of hydrogen-bond acceptors (Lipinski definition) is 6. The minimum Gasteiger partial charge on any atom is -0.495 e. The van der Waals surface area contributed by atoms with Gasteiger partial charge in [0.15, 0.2) is 0 Å². The second kappa shape index (κ2) is 9.73. The molecular formula is C22H25ClN4O2S. The summed E-state index contributed by atoms with van der Waals surface area (Å²) in [7, 11) is 1.57. The van der Waals surface area contributed by atoms with E-state index in [0.717, 1.165) is 37.1 Å². The highest BCUT2D eigenvalue weighted by atomic mass is 35.5. The predicted octanol–water partition coefficient (Wildman–Crippen LogP) is 4.98. The number of nitrogens with zero attached hydrogens (tertiary/aromatic N) is 3. The van der Waals surface area contributed by atoms with Crippen LogP contribution in [0.1, 0.15) is 31.2 Å². The molecule has 1 aromatic heterocycles. The molecule has 6 nitrogen and oxygen atoms in total. The van der Waals surface area contributed by atoms with Crippen molar-refractivity contribution >= 4 is 46.0 Å². The number of nitrogens with one attached hydrogen (secondary N) is 1. The van der Waals surface area contributed by atoms with E-state index in [9.17, 15) is 4.79 Å². The summed E-state index contributed by atoms with van der Waals surface area (Å²) in [6.45, 7) is 3.04. The number of amides is 1. The van der Waals surface area contributed by atoms with Gasteiger partial charge in [0.25, 0.3) is 0 Å². The molecule has 1 saturated heterocycles. The monoisotopic (exact) mass is 444 g/mol. The largest absolute Gasteiger partial charge is 0.495 e. The molecule has 0 saturated carbocycles. The molecule has 1 amide bonds. The first-order valence-corrected chi connectivity index (χ1v) is 11.3. The highest BCUT2D eigenvalue weighted by molar-refractivity contribution is 7.00. The van der Waals surface area contributed by atoms with Gasteiger partial charge in [-0.2, -0.15) is 8.75 Å². The van der Waals surface area contributed by atoms with Crippen molar-refractivity contribution in [1.29, 1.82) is 0 Å². The van der Waals surface area contributed by atoms with Crippen LogP contribution in [0.2, 0.25) is 5.02 Å². The van der Waals surface area contributed by atoms with Gasteiger partial charge in [-0.1, -0.05) is 17.7 Å². The number of methoxy groups -OCH3 is 1. The van der Waals surface area contributed by atoms with Crippen LogP contribution in [-0.4, -0.2) is 39.8 Å². The van der Waals surface area contributed by atoms with Crippen molar-refractivity contribution in [2.75, 3.05) is 25.5 Å². The Kier molecular flexibility index (Phi) is 6.82. The molecule has 1 unspecified atom stereocenters. The van der Waals surface area contributed by atoms with Crippen LogP contribution in [0.3, 0.4) is 0 Å². The lowest BCUT2D eigenvalue weighted by Crippen LogP contribution is -2.35. The molecule has 30 heavy (non-hydrogen) atoms. The number of fused-ring (bicyclic) bond motifs is 1. The zero-order valence-electron chi connectivity index (χ0n) is 16.9. The number of anilines is 1. The maximum absolute atomic E-state index is 12.4. The number of benzene rings is 2. The number of halogens is 1.